The van der Waals surface area contributed by atoms with Crippen LogP contribution < -0.4 is 4.89 Å². The van der Waals surface area contributed by atoms with Crippen LogP contribution in [0, 0.1) is 0 Å². The number of allylic oxidation sites excluding steroid dienone is 2. The average Bonchev–Trinajstić information content (AvgIpc) is 2.71. The number of hydrogen-bond acceptors (Lipinski definition) is 2. The summed E-state index contributed by atoms with van der Waals surface area (Å²) in [6, 6.07) is 0. The van der Waals surface area contributed by atoms with Gasteiger partial charge < -0.3 is 4.89 Å². The van der Waals surface area contributed by atoms with Crippen molar-refractivity contribution in [3.63, 3.8) is 0 Å². The first-order valence-electron chi connectivity index (χ1n) is 13.4. The third kappa shape index (κ3) is 14.5. The molecule has 0 rings (SSSR count). The summed E-state index contributed by atoms with van der Waals surface area (Å²) in [5.74, 6) is 0. The van der Waals surface area contributed by atoms with Gasteiger partial charge in [0.15, 0.2) is 0 Å². The van der Waals surface area contributed by atoms with Gasteiger partial charge in [-0.1, -0.05) is 108 Å². The topological polar surface area (TPSA) is 40.1 Å². The van der Waals surface area contributed by atoms with Gasteiger partial charge >= 0.3 is 8.03 Å². The molecule has 184 valence electrons. The fourth-order valence-corrected chi connectivity index (χ4v) is 5.73. The Morgan fingerprint density at radius 1 is 0.677 bits per heavy atom. The predicted octanol–water partition coefficient (Wildman–Crippen LogP) is 8.50. The lowest BCUT2D eigenvalue weighted by atomic mass is 10.0. The van der Waals surface area contributed by atoms with E-state index in [1.54, 1.807) is 0 Å². The summed E-state index contributed by atoms with van der Waals surface area (Å²) < 4.78 is 12.4. The Labute approximate surface area is 196 Å². The molecule has 0 saturated heterocycles. The maximum absolute atomic E-state index is 11.9. The Hall–Kier alpha value is -0.240. The van der Waals surface area contributed by atoms with E-state index >= 15 is 0 Å². The van der Waals surface area contributed by atoms with Gasteiger partial charge in [-0.3, -0.25) is 4.48 Å². The molecule has 4 heteroatoms. The van der Waals surface area contributed by atoms with Gasteiger partial charge in [-0.05, 0) is 32.1 Å². The van der Waals surface area contributed by atoms with Crippen molar-refractivity contribution in [2.75, 3.05) is 21.1 Å². The van der Waals surface area contributed by atoms with Crippen molar-refractivity contribution >= 4 is 8.03 Å². The smallest absolute Gasteiger partial charge is 0.376 e. The summed E-state index contributed by atoms with van der Waals surface area (Å²) in [4.78, 5) is 11.9. The molecule has 0 amide bonds. The average molecular weight is 457 g/mol. The number of nitrogens with zero attached hydrogens (tertiary/aromatic N) is 1. The second-order valence-corrected chi connectivity index (χ2v) is 11.7. The monoisotopic (exact) mass is 456 g/mol. The van der Waals surface area contributed by atoms with E-state index in [2.05, 4.69) is 19.1 Å². The van der Waals surface area contributed by atoms with Crippen LogP contribution in [-0.2, 0) is 4.57 Å². The molecule has 2 atom stereocenters. The third-order valence-corrected chi connectivity index (χ3v) is 8.81. The van der Waals surface area contributed by atoms with Crippen molar-refractivity contribution in [2.45, 2.75) is 141 Å². The molecule has 2 unspecified atom stereocenters. The molecule has 0 saturated carbocycles. The van der Waals surface area contributed by atoms with Crippen molar-refractivity contribution in [2.24, 2.45) is 0 Å². The summed E-state index contributed by atoms with van der Waals surface area (Å²) in [6.45, 7) is 4.29. The van der Waals surface area contributed by atoms with Crippen LogP contribution in [0.15, 0.2) is 12.2 Å². The van der Waals surface area contributed by atoms with Gasteiger partial charge in [0.1, 0.15) is 0 Å². The van der Waals surface area contributed by atoms with Crippen LogP contribution in [0.3, 0.4) is 0 Å². The van der Waals surface area contributed by atoms with Crippen LogP contribution in [0.4, 0.5) is 0 Å². The van der Waals surface area contributed by atoms with E-state index in [-0.39, 0.29) is 0 Å². The Balaban J connectivity index is 3.57. The Bertz CT molecular complexity index is 459. The minimum absolute atomic E-state index is 0.501. The maximum atomic E-state index is 11.9. The standard InChI is InChI=1S/C27H55NO2P/c1-6-8-9-10-11-12-13-14-15-16-17-18-19-20-21-22-23-24-25-26-27(7-2,31(29)30)28(3,4)5/h20-21H,6-19,22-26H2,1-5H3/q+1/b21-20-. The second-order valence-electron chi connectivity index (χ2n) is 10.4. The number of rotatable bonds is 22. The number of quaternary nitrogens is 1. The fourth-order valence-electron chi connectivity index (χ4n) is 4.64. The van der Waals surface area contributed by atoms with Gasteiger partial charge in [-0.15, -0.1) is 0 Å². The minimum Gasteiger partial charge on any atom is -0.590 e. The molecule has 0 N–H and O–H groups in total. The summed E-state index contributed by atoms with van der Waals surface area (Å²) in [5, 5.41) is -0.611. The first kappa shape index (κ1) is 30.8. The molecule has 0 bridgehead atoms. The van der Waals surface area contributed by atoms with E-state index < -0.39 is 13.3 Å². The lowest BCUT2D eigenvalue weighted by molar-refractivity contribution is -0.910. The van der Waals surface area contributed by atoms with E-state index in [9.17, 15) is 9.46 Å². The van der Waals surface area contributed by atoms with Crippen LogP contribution in [0.2, 0.25) is 0 Å². The van der Waals surface area contributed by atoms with Gasteiger partial charge in [0.2, 0.25) is 0 Å². The van der Waals surface area contributed by atoms with Crippen molar-refractivity contribution in [3.8, 4) is 0 Å². The zero-order valence-electron chi connectivity index (χ0n) is 21.8. The predicted molar refractivity (Wildman–Crippen MR) is 137 cm³/mol. The fraction of sp³-hybridized carbons (Fsp3) is 0.926. The summed E-state index contributed by atoms with van der Waals surface area (Å²) in [7, 11) is 3.60. The van der Waals surface area contributed by atoms with E-state index in [1.807, 2.05) is 28.1 Å². The zero-order chi connectivity index (χ0) is 23.4. The highest BCUT2D eigenvalue weighted by molar-refractivity contribution is 7.38. The summed E-state index contributed by atoms with van der Waals surface area (Å²) in [5.41, 5.74) is 0. The van der Waals surface area contributed by atoms with Crippen molar-refractivity contribution in [3.05, 3.63) is 12.2 Å². The molecule has 0 aliphatic rings. The Morgan fingerprint density at radius 3 is 1.42 bits per heavy atom. The molecule has 0 aromatic carbocycles. The Kier molecular flexibility index (Phi) is 19.1. The van der Waals surface area contributed by atoms with Gasteiger partial charge in [0.05, 0.1) is 21.1 Å². The molecule has 3 nitrogen and oxygen atoms in total. The van der Waals surface area contributed by atoms with Crippen molar-refractivity contribution in [1.82, 2.24) is 0 Å². The highest BCUT2D eigenvalue weighted by Crippen LogP contribution is 2.44. The highest BCUT2D eigenvalue weighted by Gasteiger charge is 2.52. The molecule has 0 aliphatic carbocycles. The largest absolute Gasteiger partial charge is 0.590 e. The molecule has 0 radical (unpaired) electrons. The van der Waals surface area contributed by atoms with Crippen LogP contribution in [0.25, 0.3) is 0 Å². The van der Waals surface area contributed by atoms with Gasteiger partial charge in [-0.25, -0.2) is 0 Å². The van der Waals surface area contributed by atoms with E-state index in [1.165, 1.54) is 89.9 Å². The van der Waals surface area contributed by atoms with Crippen molar-refractivity contribution in [1.29, 1.82) is 0 Å². The van der Waals surface area contributed by atoms with Gasteiger partial charge in [-0.2, -0.15) is 0 Å². The van der Waals surface area contributed by atoms with Crippen LogP contribution in [-0.4, -0.2) is 30.9 Å². The lowest BCUT2D eigenvalue weighted by Crippen LogP contribution is -2.55. The molecule has 0 spiro atoms. The quantitative estimate of drug-likeness (QED) is 0.0709. The molecular formula is C27H55NO2P+. The van der Waals surface area contributed by atoms with E-state index in [0.717, 1.165) is 25.7 Å². The molecule has 0 aromatic heterocycles. The number of hydrogen-bond donors (Lipinski definition) is 0. The van der Waals surface area contributed by atoms with Crippen LogP contribution in [0.1, 0.15) is 136 Å². The second kappa shape index (κ2) is 19.2. The first-order valence-corrected chi connectivity index (χ1v) is 14.6. The first-order chi connectivity index (χ1) is 14.8. The lowest BCUT2D eigenvalue weighted by Gasteiger charge is -2.39. The third-order valence-electron chi connectivity index (χ3n) is 6.99. The molecule has 0 aromatic rings. The normalized spacial score (nSPS) is 14.8. The van der Waals surface area contributed by atoms with Crippen LogP contribution in [0.5, 0.6) is 0 Å². The van der Waals surface area contributed by atoms with Gasteiger partial charge in [0, 0.05) is 12.8 Å². The molecule has 31 heavy (non-hydrogen) atoms. The van der Waals surface area contributed by atoms with E-state index in [0.29, 0.717) is 10.9 Å². The van der Waals surface area contributed by atoms with Crippen molar-refractivity contribution < 1.29 is 13.9 Å². The minimum atomic E-state index is -2.42. The molecular weight excluding hydrogens is 401 g/mol. The van der Waals surface area contributed by atoms with E-state index in [4.69, 9.17) is 0 Å². The zero-order valence-corrected chi connectivity index (χ0v) is 22.7. The molecule has 0 heterocycles. The highest BCUT2D eigenvalue weighted by atomic mass is 31.1. The summed E-state index contributed by atoms with van der Waals surface area (Å²) in [6.07, 6.45) is 28.7. The molecule has 0 fully saturated rings. The number of unbranched alkanes of at least 4 members (excludes halogenated alkanes) is 15. The Morgan fingerprint density at radius 2 is 1.06 bits per heavy atom. The molecule has 0 aliphatic heterocycles. The maximum Gasteiger partial charge on any atom is 0.376 e. The SMILES string of the molecule is CCCCCCCCCCCCCC/C=C\CCCCCC(CC)([P+](=O)[O-])[N+](C)(C)C. The van der Waals surface area contributed by atoms with Gasteiger partial charge in [0.25, 0.3) is 5.28 Å². The summed E-state index contributed by atoms with van der Waals surface area (Å²) >= 11 is 0. The van der Waals surface area contributed by atoms with Crippen LogP contribution >= 0.6 is 8.03 Å².